The van der Waals surface area contributed by atoms with Crippen LogP contribution in [0.5, 0.6) is 0 Å². The molecule has 1 aliphatic rings. The number of nitrogens with one attached hydrogen (secondary N) is 1. The highest BCUT2D eigenvalue weighted by Gasteiger charge is 2.40. The van der Waals surface area contributed by atoms with E-state index < -0.39 is 24.1 Å². The summed E-state index contributed by atoms with van der Waals surface area (Å²) in [5.41, 5.74) is 0.586. The van der Waals surface area contributed by atoms with Crippen molar-refractivity contribution in [3.05, 3.63) is 29.8 Å². The van der Waals surface area contributed by atoms with Crippen molar-refractivity contribution in [2.24, 2.45) is 0 Å². The quantitative estimate of drug-likeness (QED) is 0.514. The van der Waals surface area contributed by atoms with Gasteiger partial charge in [0.15, 0.2) is 0 Å². The number of likely N-dealkylation sites (tertiary alicyclic amines) is 1. The molecule has 0 aromatic carbocycles. The van der Waals surface area contributed by atoms with Crippen LogP contribution in [0, 0.1) is 17.8 Å². The second kappa shape index (κ2) is 8.02. The van der Waals surface area contributed by atoms with E-state index in [0.29, 0.717) is 25.1 Å². The third kappa shape index (κ3) is 4.48. The number of aromatic nitrogens is 1. The topological polar surface area (TPSA) is 85.7 Å². The van der Waals surface area contributed by atoms with Crippen LogP contribution in [0.2, 0.25) is 0 Å². The molecule has 3 N–H and O–H groups in total. The van der Waals surface area contributed by atoms with E-state index in [1.807, 2.05) is 4.90 Å². The molecule has 2 rings (SSSR count). The molecule has 2 heterocycles. The number of aliphatic hydroxyl groups is 2. The summed E-state index contributed by atoms with van der Waals surface area (Å²) >= 11 is 0. The van der Waals surface area contributed by atoms with Crippen LogP contribution in [-0.4, -0.2) is 63.9 Å². The van der Waals surface area contributed by atoms with Crippen molar-refractivity contribution in [2.75, 3.05) is 19.7 Å². The van der Waals surface area contributed by atoms with Gasteiger partial charge in [-0.3, -0.25) is 9.69 Å². The van der Waals surface area contributed by atoms with Crippen molar-refractivity contribution >= 4 is 5.91 Å². The van der Waals surface area contributed by atoms with E-state index in [9.17, 15) is 19.4 Å². The smallest absolute Gasteiger partial charge is 0.220 e. The molecule has 1 aromatic rings. The Morgan fingerprint density at radius 2 is 2.35 bits per heavy atom. The summed E-state index contributed by atoms with van der Waals surface area (Å²) in [6.45, 7) is 2.24. The zero-order valence-electron chi connectivity index (χ0n) is 12.9. The first-order valence-electron chi connectivity index (χ1n) is 7.48. The summed E-state index contributed by atoms with van der Waals surface area (Å²) in [7, 11) is 0. The molecular formula is C16H20FN3O3. The molecule has 124 valence electrons. The lowest BCUT2D eigenvalue weighted by Gasteiger charge is -2.21. The standard InChI is InChI=1S/C16H20FN3O3/c1-2-15(22)19-12-9-20(13(10-21)16(12)23)7-3-4-11-5-6-14(17)18-8-11/h5-6,8,12-13,16,21,23H,2,7,9-10H2,1H3,(H,19,22)/t12-,13-,16+/m0/s1. The summed E-state index contributed by atoms with van der Waals surface area (Å²) in [6, 6.07) is 1.87. The Kier molecular flexibility index (Phi) is 6.04. The second-order valence-electron chi connectivity index (χ2n) is 5.37. The van der Waals surface area contributed by atoms with Gasteiger partial charge in [0.25, 0.3) is 0 Å². The van der Waals surface area contributed by atoms with Crippen molar-refractivity contribution in [3.8, 4) is 11.8 Å². The van der Waals surface area contributed by atoms with Crippen molar-refractivity contribution < 1.29 is 19.4 Å². The monoisotopic (exact) mass is 321 g/mol. The van der Waals surface area contributed by atoms with E-state index in [-0.39, 0.29) is 12.5 Å². The number of pyridine rings is 1. The number of hydrogen-bond acceptors (Lipinski definition) is 5. The highest BCUT2D eigenvalue weighted by molar-refractivity contribution is 5.76. The van der Waals surface area contributed by atoms with Gasteiger partial charge in [-0.2, -0.15) is 4.39 Å². The first-order valence-corrected chi connectivity index (χ1v) is 7.48. The van der Waals surface area contributed by atoms with Gasteiger partial charge < -0.3 is 15.5 Å². The Morgan fingerprint density at radius 3 is 2.96 bits per heavy atom. The minimum Gasteiger partial charge on any atom is -0.395 e. The Labute approximate surface area is 134 Å². The molecule has 0 aliphatic carbocycles. The SMILES string of the molecule is CCC(=O)N[C@H]1CN(CC#Cc2ccc(F)nc2)[C@@H](CO)[C@@H]1O. The Hall–Kier alpha value is -2.01. The molecule has 1 aromatic heterocycles. The van der Waals surface area contributed by atoms with Gasteiger partial charge in [0.1, 0.15) is 0 Å². The molecule has 23 heavy (non-hydrogen) atoms. The Morgan fingerprint density at radius 1 is 1.57 bits per heavy atom. The third-order valence-electron chi connectivity index (χ3n) is 3.80. The molecule has 0 unspecified atom stereocenters. The van der Waals surface area contributed by atoms with Gasteiger partial charge in [-0.25, -0.2) is 4.98 Å². The number of hydrogen-bond donors (Lipinski definition) is 3. The predicted octanol–water partition coefficient (Wildman–Crippen LogP) is -0.496. The van der Waals surface area contributed by atoms with E-state index >= 15 is 0 Å². The van der Waals surface area contributed by atoms with Crippen molar-refractivity contribution in [1.82, 2.24) is 15.2 Å². The van der Waals surface area contributed by atoms with Gasteiger partial charge in [-0.15, -0.1) is 0 Å². The predicted molar refractivity (Wildman–Crippen MR) is 81.7 cm³/mol. The molecule has 3 atom stereocenters. The zero-order valence-corrected chi connectivity index (χ0v) is 12.9. The van der Waals surface area contributed by atoms with Gasteiger partial charge in [0.2, 0.25) is 11.9 Å². The van der Waals surface area contributed by atoms with Gasteiger partial charge >= 0.3 is 0 Å². The maximum Gasteiger partial charge on any atom is 0.220 e. The summed E-state index contributed by atoms with van der Waals surface area (Å²) in [5, 5.41) is 22.4. The Balaban J connectivity index is 1.98. The van der Waals surface area contributed by atoms with Crippen molar-refractivity contribution in [3.63, 3.8) is 0 Å². The summed E-state index contributed by atoms with van der Waals surface area (Å²) in [6.07, 6.45) is 0.837. The molecule has 1 fully saturated rings. The molecular weight excluding hydrogens is 301 g/mol. The van der Waals surface area contributed by atoms with E-state index in [1.54, 1.807) is 6.92 Å². The largest absolute Gasteiger partial charge is 0.395 e. The first kappa shape index (κ1) is 17.3. The molecule has 7 heteroatoms. The van der Waals surface area contributed by atoms with Crippen LogP contribution >= 0.6 is 0 Å². The fourth-order valence-corrected chi connectivity index (χ4v) is 2.52. The van der Waals surface area contributed by atoms with Crippen LogP contribution in [0.25, 0.3) is 0 Å². The van der Waals surface area contributed by atoms with E-state index in [1.165, 1.54) is 18.3 Å². The van der Waals surface area contributed by atoms with Gasteiger partial charge in [-0.05, 0) is 12.1 Å². The fourth-order valence-electron chi connectivity index (χ4n) is 2.52. The molecule has 0 bridgehead atoms. The molecule has 1 amide bonds. The van der Waals surface area contributed by atoms with Gasteiger partial charge in [0, 0.05) is 24.7 Å². The van der Waals surface area contributed by atoms with E-state index in [0.717, 1.165) is 0 Å². The normalized spacial score (nSPS) is 24.1. The van der Waals surface area contributed by atoms with Gasteiger partial charge in [-0.1, -0.05) is 18.8 Å². The summed E-state index contributed by atoms with van der Waals surface area (Å²) in [4.78, 5) is 16.8. The van der Waals surface area contributed by atoms with Gasteiger partial charge in [0.05, 0.1) is 31.3 Å². The highest BCUT2D eigenvalue weighted by atomic mass is 19.1. The number of halogens is 1. The van der Waals surface area contributed by atoms with Crippen molar-refractivity contribution in [1.29, 1.82) is 0 Å². The number of carbonyl (C=O) groups is 1. The lowest BCUT2D eigenvalue weighted by Crippen LogP contribution is -2.45. The molecule has 0 saturated carbocycles. The third-order valence-corrected chi connectivity index (χ3v) is 3.80. The molecule has 0 radical (unpaired) electrons. The molecule has 1 saturated heterocycles. The Bertz CT molecular complexity index is 597. The van der Waals surface area contributed by atoms with Crippen LogP contribution in [0.15, 0.2) is 18.3 Å². The minimum atomic E-state index is -0.843. The molecule has 1 aliphatic heterocycles. The van der Waals surface area contributed by atoms with Crippen LogP contribution in [0.4, 0.5) is 4.39 Å². The van der Waals surface area contributed by atoms with Crippen LogP contribution in [-0.2, 0) is 4.79 Å². The molecule has 6 nitrogen and oxygen atoms in total. The number of rotatable bonds is 4. The molecule has 0 spiro atoms. The average Bonchev–Trinajstić information content (AvgIpc) is 2.84. The number of nitrogens with zero attached hydrogens (tertiary/aromatic N) is 2. The summed E-state index contributed by atoms with van der Waals surface area (Å²) in [5.74, 6) is 5.06. The zero-order chi connectivity index (χ0) is 16.8. The number of aliphatic hydroxyl groups excluding tert-OH is 2. The highest BCUT2D eigenvalue weighted by Crippen LogP contribution is 2.18. The van der Waals surface area contributed by atoms with E-state index in [4.69, 9.17) is 0 Å². The second-order valence-corrected chi connectivity index (χ2v) is 5.37. The minimum absolute atomic E-state index is 0.143. The summed E-state index contributed by atoms with van der Waals surface area (Å²) < 4.78 is 12.7. The average molecular weight is 321 g/mol. The fraction of sp³-hybridized carbons (Fsp3) is 0.500. The maximum absolute atomic E-state index is 12.7. The maximum atomic E-state index is 12.7. The van der Waals surface area contributed by atoms with E-state index in [2.05, 4.69) is 22.1 Å². The van der Waals surface area contributed by atoms with Crippen LogP contribution in [0.1, 0.15) is 18.9 Å². The van der Waals surface area contributed by atoms with Crippen LogP contribution < -0.4 is 5.32 Å². The lowest BCUT2D eigenvalue weighted by atomic mass is 10.1. The first-order chi connectivity index (χ1) is 11.0. The van der Waals surface area contributed by atoms with Crippen molar-refractivity contribution in [2.45, 2.75) is 31.5 Å². The van der Waals surface area contributed by atoms with Crippen LogP contribution in [0.3, 0.4) is 0 Å². The number of amides is 1. The lowest BCUT2D eigenvalue weighted by molar-refractivity contribution is -0.122. The number of carbonyl (C=O) groups excluding carboxylic acids is 1.